The Bertz CT molecular complexity index is 181. The van der Waals surface area contributed by atoms with Crippen molar-refractivity contribution in [2.24, 2.45) is 5.73 Å². The molecule has 0 saturated carbocycles. The first-order chi connectivity index (χ1) is 6.95. The van der Waals surface area contributed by atoms with Crippen LogP contribution in [0.1, 0.15) is 12.8 Å². The zero-order valence-electron chi connectivity index (χ0n) is 10.1. The molecule has 5 heteroatoms. The number of hydrogen-bond acceptors (Lipinski definition) is 3. The summed E-state index contributed by atoms with van der Waals surface area (Å²) in [4.78, 5) is 11.1. The van der Waals surface area contributed by atoms with E-state index in [9.17, 15) is 4.79 Å². The van der Waals surface area contributed by atoms with Crippen molar-refractivity contribution < 1.29 is 9.53 Å². The second-order valence-electron chi connectivity index (χ2n) is 4.87. The van der Waals surface area contributed by atoms with Crippen molar-refractivity contribution in [1.29, 1.82) is 0 Å². The van der Waals surface area contributed by atoms with Gasteiger partial charge in [-0.05, 0) is 25.4 Å². The van der Waals surface area contributed by atoms with Crippen molar-refractivity contribution in [1.82, 2.24) is 5.32 Å². The molecule has 0 radical (unpaired) electrons. The van der Waals surface area contributed by atoms with Crippen molar-refractivity contribution in [2.45, 2.75) is 38.5 Å². The summed E-state index contributed by atoms with van der Waals surface area (Å²) in [5.41, 5.74) is 5.33. The van der Waals surface area contributed by atoms with E-state index in [1.54, 1.807) is 0 Å². The summed E-state index contributed by atoms with van der Waals surface area (Å²) in [6.07, 6.45) is 1.56. The number of ether oxygens (including phenoxy) is 1. The Hall–Kier alpha value is -0.553. The van der Waals surface area contributed by atoms with Crippen molar-refractivity contribution >= 4 is 14.2 Å². The average Bonchev–Trinajstić information content (AvgIpc) is 2.10. The van der Waals surface area contributed by atoms with Crippen molar-refractivity contribution in [3.05, 3.63) is 0 Å². The van der Waals surface area contributed by atoms with Crippen molar-refractivity contribution in [2.75, 3.05) is 19.7 Å². The summed E-state index contributed by atoms with van der Waals surface area (Å²) in [7, 11) is -1.09. The monoisotopic (exact) mass is 232 g/mol. The van der Waals surface area contributed by atoms with Gasteiger partial charge in [-0.25, -0.2) is 4.79 Å². The van der Waals surface area contributed by atoms with Gasteiger partial charge in [0.25, 0.3) is 0 Å². The lowest BCUT2D eigenvalue weighted by atomic mass is 10.3. The van der Waals surface area contributed by atoms with Gasteiger partial charge in [0.15, 0.2) is 0 Å². The molecule has 1 amide bonds. The molecule has 0 aromatic heterocycles. The Balaban J connectivity index is 3.34. The third-order valence-electron chi connectivity index (χ3n) is 1.99. The molecule has 0 saturated heterocycles. The molecule has 0 bridgehead atoms. The number of nitrogens with one attached hydrogen (secondary N) is 1. The van der Waals surface area contributed by atoms with E-state index in [4.69, 9.17) is 10.5 Å². The summed E-state index contributed by atoms with van der Waals surface area (Å²) in [6, 6.07) is 1.02. The van der Waals surface area contributed by atoms with E-state index >= 15 is 0 Å². The largest absolute Gasteiger partial charge is 0.450 e. The molecule has 0 atom stereocenters. The highest BCUT2D eigenvalue weighted by Gasteiger charge is 2.13. The Morgan fingerprint density at radius 3 is 2.53 bits per heavy atom. The Kier molecular flexibility index (Phi) is 7.42. The van der Waals surface area contributed by atoms with E-state index in [-0.39, 0.29) is 6.09 Å². The molecule has 0 fully saturated rings. The molecule has 0 aliphatic heterocycles. The number of carbonyl (C=O) groups excluding carboxylic acids is 1. The number of nitrogens with two attached hydrogens (primary N) is 1. The molecule has 0 spiro atoms. The number of rotatable bonds is 7. The lowest BCUT2D eigenvalue weighted by molar-refractivity contribution is 0.151. The van der Waals surface area contributed by atoms with E-state index in [1.165, 1.54) is 0 Å². The summed E-state index contributed by atoms with van der Waals surface area (Å²) >= 11 is 0. The number of hydrogen-bond donors (Lipinski definition) is 2. The predicted octanol–water partition coefficient (Wildman–Crippen LogP) is 1.79. The van der Waals surface area contributed by atoms with E-state index in [2.05, 4.69) is 25.0 Å². The molecule has 4 nitrogen and oxygen atoms in total. The molecule has 0 heterocycles. The smallest absolute Gasteiger partial charge is 0.407 e. The zero-order valence-corrected chi connectivity index (χ0v) is 11.1. The molecular weight excluding hydrogens is 208 g/mol. The van der Waals surface area contributed by atoms with Crippen LogP contribution >= 0.6 is 0 Å². The predicted molar refractivity (Wildman–Crippen MR) is 65.8 cm³/mol. The van der Waals surface area contributed by atoms with Crippen LogP contribution in [0.25, 0.3) is 0 Å². The summed E-state index contributed by atoms with van der Waals surface area (Å²) < 4.78 is 5.05. The number of carbonyl (C=O) groups is 1. The maximum absolute atomic E-state index is 11.1. The molecule has 0 aromatic rings. The minimum atomic E-state index is -1.09. The van der Waals surface area contributed by atoms with Crippen LogP contribution in [-0.2, 0) is 4.74 Å². The topological polar surface area (TPSA) is 64.3 Å². The van der Waals surface area contributed by atoms with Gasteiger partial charge >= 0.3 is 6.09 Å². The normalized spacial score (nSPS) is 11.2. The fraction of sp³-hybridized carbons (Fsp3) is 0.900. The van der Waals surface area contributed by atoms with E-state index in [0.717, 1.165) is 18.9 Å². The maximum atomic E-state index is 11.1. The van der Waals surface area contributed by atoms with E-state index in [0.29, 0.717) is 19.7 Å². The summed E-state index contributed by atoms with van der Waals surface area (Å²) in [6.45, 7) is 8.65. The van der Waals surface area contributed by atoms with Crippen LogP contribution in [0, 0.1) is 0 Å². The first kappa shape index (κ1) is 14.4. The van der Waals surface area contributed by atoms with Crippen LogP contribution in [0.3, 0.4) is 0 Å². The van der Waals surface area contributed by atoms with Gasteiger partial charge < -0.3 is 15.8 Å². The standard InChI is InChI=1S/C10H24N2O2Si/c1-15(2,3)9-8-14-10(13)12-7-5-4-6-11/h4-9,11H2,1-3H3,(H,12,13). The lowest BCUT2D eigenvalue weighted by Crippen LogP contribution is -2.28. The van der Waals surface area contributed by atoms with Gasteiger partial charge in [-0.3, -0.25) is 0 Å². The number of alkyl carbamates (subject to hydrolysis) is 1. The van der Waals surface area contributed by atoms with Crippen LogP contribution in [0.2, 0.25) is 25.7 Å². The Morgan fingerprint density at radius 2 is 2.00 bits per heavy atom. The second-order valence-corrected chi connectivity index (χ2v) is 10.5. The van der Waals surface area contributed by atoms with E-state index < -0.39 is 8.07 Å². The molecule has 0 aliphatic rings. The molecule has 0 rings (SSSR count). The third-order valence-corrected chi connectivity index (χ3v) is 3.69. The number of amides is 1. The highest BCUT2D eigenvalue weighted by atomic mass is 28.3. The van der Waals surface area contributed by atoms with Gasteiger partial charge in [-0.2, -0.15) is 0 Å². The van der Waals surface area contributed by atoms with Crippen LogP contribution in [0.15, 0.2) is 0 Å². The van der Waals surface area contributed by atoms with Gasteiger partial charge in [0, 0.05) is 14.6 Å². The van der Waals surface area contributed by atoms with Crippen LogP contribution < -0.4 is 11.1 Å². The van der Waals surface area contributed by atoms with Crippen molar-refractivity contribution in [3.63, 3.8) is 0 Å². The highest BCUT2D eigenvalue weighted by Crippen LogP contribution is 2.07. The van der Waals surface area contributed by atoms with E-state index in [1.807, 2.05) is 0 Å². The van der Waals surface area contributed by atoms with Gasteiger partial charge in [0.05, 0.1) is 6.61 Å². The quantitative estimate of drug-likeness (QED) is 0.519. The van der Waals surface area contributed by atoms with Gasteiger partial charge in [-0.1, -0.05) is 19.6 Å². The molecule has 0 aromatic carbocycles. The first-order valence-electron chi connectivity index (χ1n) is 5.56. The van der Waals surface area contributed by atoms with Crippen molar-refractivity contribution in [3.8, 4) is 0 Å². The lowest BCUT2D eigenvalue weighted by Gasteiger charge is -2.15. The second kappa shape index (κ2) is 7.70. The van der Waals surface area contributed by atoms with Gasteiger partial charge in [0.1, 0.15) is 0 Å². The van der Waals surface area contributed by atoms with Crippen LogP contribution in [0.4, 0.5) is 4.79 Å². The molecule has 15 heavy (non-hydrogen) atoms. The average molecular weight is 232 g/mol. The highest BCUT2D eigenvalue weighted by molar-refractivity contribution is 6.76. The molecular formula is C10H24N2O2Si. The Morgan fingerprint density at radius 1 is 1.33 bits per heavy atom. The molecule has 90 valence electrons. The van der Waals surface area contributed by atoms with Crippen LogP contribution in [0.5, 0.6) is 0 Å². The fourth-order valence-electron chi connectivity index (χ4n) is 0.961. The zero-order chi connectivity index (χ0) is 11.7. The summed E-state index contributed by atoms with van der Waals surface area (Å²) in [5.74, 6) is 0. The molecule has 0 unspecified atom stereocenters. The van der Waals surface area contributed by atoms with Gasteiger partial charge in [0.2, 0.25) is 0 Å². The SMILES string of the molecule is C[Si](C)(C)CCOC(=O)NCCCCN. The minimum Gasteiger partial charge on any atom is -0.450 e. The van der Waals surface area contributed by atoms with Gasteiger partial charge in [-0.15, -0.1) is 0 Å². The fourth-order valence-corrected chi connectivity index (χ4v) is 1.68. The Labute approximate surface area is 93.6 Å². The van der Waals surface area contributed by atoms with Crippen LogP contribution in [-0.4, -0.2) is 33.9 Å². The first-order valence-corrected chi connectivity index (χ1v) is 9.27. The maximum Gasteiger partial charge on any atom is 0.407 e. The molecule has 0 aliphatic carbocycles. The summed E-state index contributed by atoms with van der Waals surface area (Å²) in [5, 5.41) is 2.70. The molecule has 3 N–H and O–H groups in total. The minimum absolute atomic E-state index is 0.301. The number of unbranched alkanes of at least 4 members (excludes halogenated alkanes) is 1. The third kappa shape index (κ3) is 11.4.